The number of hydrogen-bond acceptors (Lipinski definition) is 2. The molecule has 88 valence electrons. The topological polar surface area (TPSA) is 3.24 Å². The van der Waals surface area contributed by atoms with Crippen molar-refractivity contribution in [3.05, 3.63) is 30.3 Å². The van der Waals surface area contributed by atoms with E-state index in [1.807, 2.05) is 11.8 Å². The number of benzene rings is 1. The van der Waals surface area contributed by atoms with Crippen LogP contribution in [-0.2, 0) is 0 Å². The minimum atomic E-state index is 0.796. The van der Waals surface area contributed by atoms with E-state index in [1.165, 1.54) is 43.0 Å². The van der Waals surface area contributed by atoms with Gasteiger partial charge < -0.3 is 0 Å². The second-order valence-electron chi connectivity index (χ2n) is 4.54. The van der Waals surface area contributed by atoms with Gasteiger partial charge in [-0.2, -0.15) is 0 Å². The molecule has 1 nitrogen and oxygen atoms in total. The quantitative estimate of drug-likeness (QED) is 0.733. The maximum Gasteiger partial charge on any atom is 0.0108 e. The van der Waals surface area contributed by atoms with Crippen molar-refractivity contribution in [1.29, 1.82) is 0 Å². The number of piperidine rings is 1. The molecule has 1 unspecified atom stereocenters. The van der Waals surface area contributed by atoms with Crippen LogP contribution in [0.5, 0.6) is 0 Å². The van der Waals surface area contributed by atoms with Crippen LogP contribution in [0, 0.1) is 0 Å². The molecule has 1 aromatic rings. The number of hydrogen-bond donors (Lipinski definition) is 0. The summed E-state index contributed by atoms with van der Waals surface area (Å²) in [5.41, 5.74) is 0. The molecule has 0 spiro atoms. The van der Waals surface area contributed by atoms with Crippen molar-refractivity contribution >= 4 is 11.8 Å². The van der Waals surface area contributed by atoms with Crippen molar-refractivity contribution in [3.8, 4) is 0 Å². The lowest BCUT2D eigenvalue weighted by atomic mass is 10.0. The van der Waals surface area contributed by atoms with Crippen LogP contribution >= 0.6 is 11.8 Å². The molecule has 1 fully saturated rings. The number of rotatable bonds is 4. The average Bonchev–Trinajstić information content (AvgIpc) is 2.33. The lowest BCUT2D eigenvalue weighted by Gasteiger charge is -2.33. The first-order valence-electron chi connectivity index (χ1n) is 6.28. The zero-order valence-electron chi connectivity index (χ0n) is 10.1. The van der Waals surface area contributed by atoms with Gasteiger partial charge in [-0.15, -0.1) is 11.8 Å². The highest BCUT2D eigenvalue weighted by molar-refractivity contribution is 7.99. The summed E-state index contributed by atoms with van der Waals surface area (Å²) < 4.78 is 0. The molecule has 2 rings (SSSR count). The molecule has 1 heterocycles. The molecule has 16 heavy (non-hydrogen) atoms. The summed E-state index contributed by atoms with van der Waals surface area (Å²) in [6.45, 7) is 4.91. The van der Waals surface area contributed by atoms with Gasteiger partial charge in [0.1, 0.15) is 0 Å². The Morgan fingerprint density at radius 1 is 1.25 bits per heavy atom. The second kappa shape index (κ2) is 6.31. The first-order chi connectivity index (χ1) is 7.86. The summed E-state index contributed by atoms with van der Waals surface area (Å²) in [4.78, 5) is 4.03. The summed E-state index contributed by atoms with van der Waals surface area (Å²) in [5, 5.41) is 0. The Kier molecular flexibility index (Phi) is 4.73. The fourth-order valence-corrected chi connectivity index (χ4v) is 3.20. The monoisotopic (exact) mass is 235 g/mol. The third-order valence-electron chi connectivity index (χ3n) is 3.33. The first-order valence-corrected chi connectivity index (χ1v) is 7.27. The summed E-state index contributed by atoms with van der Waals surface area (Å²) in [6.07, 6.45) is 4.19. The molecule has 1 aliphatic heterocycles. The van der Waals surface area contributed by atoms with Crippen molar-refractivity contribution in [1.82, 2.24) is 4.90 Å². The Morgan fingerprint density at radius 2 is 2.06 bits per heavy atom. The van der Waals surface area contributed by atoms with Crippen molar-refractivity contribution < 1.29 is 0 Å². The van der Waals surface area contributed by atoms with Crippen molar-refractivity contribution in [3.63, 3.8) is 0 Å². The maximum absolute atomic E-state index is 2.64. The molecule has 1 aromatic carbocycles. The zero-order chi connectivity index (χ0) is 11.2. The van der Waals surface area contributed by atoms with Crippen LogP contribution in [0.3, 0.4) is 0 Å². The fraction of sp³-hybridized carbons (Fsp3) is 0.571. The summed E-state index contributed by atoms with van der Waals surface area (Å²) in [7, 11) is 0. The molecule has 0 amide bonds. The largest absolute Gasteiger partial charge is 0.300 e. The standard InChI is InChI=1S/C14H21NS/c1-13-7-5-6-10-15(13)11-12-16-14-8-3-2-4-9-14/h2-4,8-9,13H,5-7,10-12H2,1H3. The Bertz CT molecular complexity index is 299. The smallest absolute Gasteiger partial charge is 0.0108 e. The van der Waals surface area contributed by atoms with Crippen LogP contribution in [0.25, 0.3) is 0 Å². The molecule has 0 N–H and O–H groups in total. The summed E-state index contributed by atoms with van der Waals surface area (Å²) in [5.74, 6) is 1.22. The minimum Gasteiger partial charge on any atom is -0.300 e. The lowest BCUT2D eigenvalue weighted by Crippen LogP contribution is -2.38. The first kappa shape index (κ1) is 12.0. The Balaban J connectivity index is 1.71. The van der Waals surface area contributed by atoms with Gasteiger partial charge in [-0.05, 0) is 38.4 Å². The second-order valence-corrected chi connectivity index (χ2v) is 5.71. The maximum atomic E-state index is 2.64. The zero-order valence-corrected chi connectivity index (χ0v) is 10.9. The van der Waals surface area contributed by atoms with Gasteiger partial charge in [-0.25, -0.2) is 0 Å². The molecule has 1 aliphatic rings. The molecule has 0 radical (unpaired) electrons. The Morgan fingerprint density at radius 3 is 2.81 bits per heavy atom. The van der Waals surface area contributed by atoms with E-state index in [4.69, 9.17) is 0 Å². The van der Waals surface area contributed by atoms with E-state index in [2.05, 4.69) is 42.2 Å². The number of thioether (sulfide) groups is 1. The summed E-state index contributed by atoms with van der Waals surface area (Å²) in [6, 6.07) is 11.5. The van der Waals surface area contributed by atoms with E-state index in [9.17, 15) is 0 Å². The van der Waals surface area contributed by atoms with Gasteiger partial charge in [0.15, 0.2) is 0 Å². The van der Waals surface area contributed by atoms with Gasteiger partial charge >= 0.3 is 0 Å². The SMILES string of the molecule is CC1CCCCN1CCSc1ccccc1. The van der Waals surface area contributed by atoms with Gasteiger partial charge in [0.2, 0.25) is 0 Å². The van der Waals surface area contributed by atoms with Gasteiger partial charge in [0.05, 0.1) is 0 Å². The van der Waals surface area contributed by atoms with Crippen LogP contribution in [0.15, 0.2) is 35.2 Å². The summed E-state index contributed by atoms with van der Waals surface area (Å²) >= 11 is 1.97. The fourth-order valence-electron chi connectivity index (χ4n) is 2.29. The highest BCUT2D eigenvalue weighted by atomic mass is 32.2. The molecule has 0 aromatic heterocycles. The molecule has 0 saturated carbocycles. The Labute approximate surface area is 103 Å². The van der Waals surface area contributed by atoms with Crippen LogP contribution in [0.2, 0.25) is 0 Å². The van der Waals surface area contributed by atoms with E-state index in [1.54, 1.807) is 0 Å². The van der Waals surface area contributed by atoms with E-state index in [0.29, 0.717) is 0 Å². The van der Waals surface area contributed by atoms with Crippen molar-refractivity contribution in [2.45, 2.75) is 37.1 Å². The van der Waals surface area contributed by atoms with Crippen molar-refractivity contribution in [2.75, 3.05) is 18.8 Å². The third-order valence-corrected chi connectivity index (χ3v) is 4.32. The number of nitrogens with zero attached hydrogens (tertiary/aromatic N) is 1. The number of likely N-dealkylation sites (tertiary alicyclic amines) is 1. The van der Waals surface area contributed by atoms with Gasteiger partial charge in [0.25, 0.3) is 0 Å². The van der Waals surface area contributed by atoms with Gasteiger partial charge in [-0.1, -0.05) is 24.6 Å². The molecule has 1 saturated heterocycles. The van der Waals surface area contributed by atoms with E-state index < -0.39 is 0 Å². The average molecular weight is 235 g/mol. The normalized spacial score (nSPS) is 22.2. The molecule has 2 heteroatoms. The minimum absolute atomic E-state index is 0.796. The van der Waals surface area contributed by atoms with Crippen LogP contribution in [0.4, 0.5) is 0 Å². The van der Waals surface area contributed by atoms with E-state index in [0.717, 1.165) is 6.04 Å². The molecular weight excluding hydrogens is 214 g/mol. The van der Waals surface area contributed by atoms with Crippen LogP contribution in [0.1, 0.15) is 26.2 Å². The Hall–Kier alpha value is -0.470. The van der Waals surface area contributed by atoms with E-state index >= 15 is 0 Å². The molecule has 1 atom stereocenters. The van der Waals surface area contributed by atoms with E-state index in [-0.39, 0.29) is 0 Å². The van der Waals surface area contributed by atoms with Crippen LogP contribution in [-0.4, -0.2) is 29.8 Å². The predicted molar refractivity (Wildman–Crippen MR) is 72.1 cm³/mol. The molecule has 0 bridgehead atoms. The van der Waals surface area contributed by atoms with Gasteiger partial charge in [0, 0.05) is 23.2 Å². The predicted octanol–water partition coefficient (Wildman–Crippen LogP) is 3.65. The molecular formula is C14H21NS. The highest BCUT2D eigenvalue weighted by Crippen LogP contribution is 2.20. The molecule has 0 aliphatic carbocycles. The van der Waals surface area contributed by atoms with Crippen LogP contribution < -0.4 is 0 Å². The lowest BCUT2D eigenvalue weighted by molar-refractivity contribution is 0.171. The third kappa shape index (κ3) is 3.53. The van der Waals surface area contributed by atoms with Gasteiger partial charge in [-0.3, -0.25) is 4.90 Å². The van der Waals surface area contributed by atoms with Crippen molar-refractivity contribution in [2.24, 2.45) is 0 Å². The highest BCUT2D eigenvalue weighted by Gasteiger charge is 2.17.